The van der Waals surface area contributed by atoms with Crippen LogP contribution >= 0.6 is 0 Å². The van der Waals surface area contributed by atoms with E-state index in [1.807, 2.05) is 11.8 Å². The zero-order valence-corrected chi connectivity index (χ0v) is 16.7. The predicted molar refractivity (Wildman–Crippen MR) is 103 cm³/mol. The van der Waals surface area contributed by atoms with Crippen molar-refractivity contribution in [2.45, 2.75) is 57.3 Å². The van der Waals surface area contributed by atoms with E-state index in [1.54, 1.807) is 22.5 Å². The molecule has 5 nitrogen and oxygen atoms in total. The van der Waals surface area contributed by atoms with E-state index in [4.69, 9.17) is 0 Å². The number of sulfonamides is 1. The quantitative estimate of drug-likeness (QED) is 0.810. The van der Waals surface area contributed by atoms with Gasteiger partial charge in [0.1, 0.15) is 0 Å². The molecule has 1 aromatic carbocycles. The summed E-state index contributed by atoms with van der Waals surface area (Å²) in [4.78, 5) is 15.1. The van der Waals surface area contributed by atoms with Crippen LogP contribution in [0.1, 0.15) is 61.4 Å². The molecule has 3 rings (SSSR count). The maximum atomic E-state index is 13.1. The van der Waals surface area contributed by atoms with Crippen LogP contribution in [-0.2, 0) is 10.0 Å². The molecule has 0 N–H and O–H groups in total. The van der Waals surface area contributed by atoms with Crippen LogP contribution in [0.3, 0.4) is 0 Å². The Bertz CT molecular complexity index is 752. The number of aryl methyl sites for hydroxylation is 1. The van der Waals surface area contributed by atoms with E-state index in [0.717, 1.165) is 57.2 Å². The molecule has 0 aliphatic carbocycles. The molecule has 0 saturated carbocycles. The van der Waals surface area contributed by atoms with E-state index in [0.29, 0.717) is 24.6 Å². The van der Waals surface area contributed by atoms with E-state index >= 15 is 0 Å². The lowest BCUT2D eigenvalue weighted by atomic mass is 9.99. The Balaban J connectivity index is 1.88. The minimum Gasteiger partial charge on any atom is -0.338 e. The molecule has 0 unspecified atom stereocenters. The van der Waals surface area contributed by atoms with Gasteiger partial charge < -0.3 is 4.90 Å². The van der Waals surface area contributed by atoms with E-state index < -0.39 is 10.0 Å². The van der Waals surface area contributed by atoms with Crippen molar-refractivity contribution in [3.05, 3.63) is 29.3 Å². The standard InChI is InChI=1S/C20H30N2O3S/c1-16-8-7-11-21(15-16)20(23)19-14-18(10-9-17(19)2)26(24,25)22-12-5-3-4-6-13-22/h9-10,14,16H,3-8,11-13,15H2,1-2H3/t16-/m1/s1. The first-order chi connectivity index (χ1) is 12.4. The summed E-state index contributed by atoms with van der Waals surface area (Å²) in [6.07, 6.45) is 6.13. The Morgan fingerprint density at radius 1 is 1.04 bits per heavy atom. The van der Waals surface area contributed by atoms with E-state index in [1.165, 1.54) is 0 Å². The summed E-state index contributed by atoms with van der Waals surface area (Å²) in [5.74, 6) is 0.457. The molecule has 26 heavy (non-hydrogen) atoms. The summed E-state index contributed by atoms with van der Waals surface area (Å²) in [7, 11) is -3.54. The van der Waals surface area contributed by atoms with Crippen molar-refractivity contribution in [2.75, 3.05) is 26.2 Å². The fourth-order valence-electron chi connectivity index (χ4n) is 3.97. The van der Waals surface area contributed by atoms with Gasteiger partial charge in [-0.3, -0.25) is 4.79 Å². The maximum absolute atomic E-state index is 13.1. The van der Waals surface area contributed by atoms with E-state index in [-0.39, 0.29) is 10.8 Å². The molecule has 2 saturated heterocycles. The zero-order valence-electron chi connectivity index (χ0n) is 15.9. The van der Waals surface area contributed by atoms with Crippen molar-refractivity contribution >= 4 is 15.9 Å². The van der Waals surface area contributed by atoms with E-state index in [9.17, 15) is 13.2 Å². The Labute approximate surface area is 157 Å². The topological polar surface area (TPSA) is 57.7 Å². The van der Waals surface area contributed by atoms with Crippen molar-refractivity contribution in [1.82, 2.24) is 9.21 Å². The SMILES string of the molecule is Cc1ccc(S(=O)(=O)N2CCCCCC2)cc1C(=O)N1CCC[C@@H](C)C1. The summed E-state index contributed by atoms with van der Waals surface area (Å²) in [6, 6.07) is 5.01. The molecule has 2 aliphatic rings. The first-order valence-electron chi connectivity index (χ1n) is 9.79. The van der Waals surface area contributed by atoms with Gasteiger partial charge in [0.15, 0.2) is 0 Å². The molecule has 0 aromatic heterocycles. The fourth-order valence-corrected chi connectivity index (χ4v) is 5.51. The van der Waals surface area contributed by atoms with Gasteiger partial charge >= 0.3 is 0 Å². The van der Waals surface area contributed by atoms with Crippen LogP contribution in [-0.4, -0.2) is 49.7 Å². The summed E-state index contributed by atoms with van der Waals surface area (Å²) in [5, 5.41) is 0. The van der Waals surface area contributed by atoms with Gasteiger partial charge in [0, 0.05) is 31.7 Å². The lowest BCUT2D eigenvalue weighted by Gasteiger charge is -2.31. The van der Waals surface area contributed by atoms with Crippen LogP contribution in [0.25, 0.3) is 0 Å². The third-order valence-corrected chi connectivity index (χ3v) is 7.48. The van der Waals surface area contributed by atoms with Crippen molar-refractivity contribution in [1.29, 1.82) is 0 Å². The van der Waals surface area contributed by atoms with Crippen LogP contribution in [0.4, 0.5) is 0 Å². The van der Waals surface area contributed by atoms with Crippen LogP contribution in [0.2, 0.25) is 0 Å². The predicted octanol–water partition coefficient (Wildman–Crippen LogP) is 3.43. The largest absolute Gasteiger partial charge is 0.338 e. The number of amides is 1. The average molecular weight is 379 g/mol. The lowest BCUT2D eigenvalue weighted by molar-refractivity contribution is 0.0682. The lowest BCUT2D eigenvalue weighted by Crippen LogP contribution is -2.39. The van der Waals surface area contributed by atoms with Gasteiger partial charge in [-0.05, 0) is 56.2 Å². The minimum absolute atomic E-state index is 0.0398. The number of nitrogens with zero attached hydrogens (tertiary/aromatic N) is 2. The van der Waals surface area contributed by atoms with Crippen molar-refractivity contribution < 1.29 is 13.2 Å². The number of hydrogen-bond donors (Lipinski definition) is 0. The van der Waals surface area contributed by atoms with Crippen LogP contribution in [0.15, 0.2) is 23.1 Å². The number of carbonyl (C=O) groups excluding carboxylic acids is 1. The fraction of sp³-hybridized carbons (Fsp3) is 0.650. The van der Waals surface area contributed by atoms with Crippen molar-refractivity contribution in [3.63, 3.8) is 0 Å². The second kappa shape index (κ2) is 8.09. The molecule has 1 amide bonds. The molecule has 0 radical (unpaired) electrons. The highest BCUT2D eigenvalue weighted by Crippen LogP contribution is 2.25. The third-order valence-electron chi connectivity index (χ3n) is 5.59. The average Bonchev–Trinajstić information content (AvgIpc) is 2.91. The van der Waals surface area contributed by atoms with Gasteiger partial charge in [-0.1, -0.05) is 25.8 Å². The highest BCUT2D eigenvalue weighted by atomic mass is 32.2. The minimum atomic E-state index is -3.54. The van der Waals surface area contributed by atoms with Crippen LogP contribution in [0, 0.1) is 12.8 Å². The summed E-state index contributed by atoms with van der Waals surface area (Å²) in [6.45, 7) is 6.69. The molecule has 6 heteroatoms. The Kier molecular flexibility index (Phi) is 6.03. The van der Waals surface area contributed by atoms with Gasteiger partial charge in [0.2, 0.25) is 10.0 Å². The molecule has 1 aromatic rings. The number of rotatable bonds is 3. The summed E-state index contributed by atoms with van der Waals surface area (Å²) >= 11 is 0. The number of benzene rings is 1. The maximum Gasteiger partial charge on any atom is 0.254 e. The molecule has 2 heterocycles. The normalized spacial score (nSPS) is 22.8. The summed E-state index contributed by atoms with van der Waals surface area (Å²) in [5.41, 5.74) is 1.36. The van der Waals surface area contributed by atoms with Gasteiger partial charge in [0.05, 0.1) is 4.90 Å². The van der Waals surface area contributed by atoms with E-state index in [2.05, 4.69) is 6.92 Å². The Morgan fingerprint density at radius 3 is 2.38 bits per heavy atom. The monoisotopic (exact) mass is 378 g/mol. The van der Waals surface area contributed by atoms with Crippen molar-refractivity contribution in [2.24, 2.45) is 5.92 Å². The first kappa shape index (κ1) is 19.4. The third kappa shape index (κ3) is 4.12. The summed E-state index contributed by atoms with van der Waals surface area (Å²) < 4.78 is 27.7. The number of likely N-dealkylation sites (tertiary alicyclic amines) is 1. The van der Waals surface area contributed by atoms with Crippen molar-refractivity contribution in [3.8, 4) is 0 Å². The zero-order chi connectivity index (χ0) is 18.7. The second-order valence-corrected chi connectivity index (χ2v) is 9.73. The van der Waals surface area contributed by atoms with Gasteiger partial charge in [-0.25, -0.2) is 8.42 Å². The second-order valence-electron chi connectivity index (χ2n) is 7.79. The number of piperidine rings is 1. The molecule has 144 valence electrons. The molecule has 1 atom stereocenters. The van der Waals surface area contributed by atoms with Gasteiger partial charge in [-0.15, -0.1) is 0 Å². The molecule has 0 spiro atoms. The number of carbonyl (C=O) groups is 1. The molecular weight excluding hydrogens is 348 g/mol. The Morgan fingerprint density at radius 2 is 1.73 bits per heavy atom. The highest BCUT2D eigenvalue weighted by Gasteiger charge is 2.28. The molecular formula is C20H30N2O3S. The molecule has 2 aliphatic heterocycles. The first-order valence-corrected chi connectivity index (χ1v) is 11.2. The number of hydrogen-bond acceptors (Lipinski definition) is 3. The molecule has 0 bridgehead atoms. The van der Waals surface area contributed by atoms with Gasteiger partial charge in [0.25, 0.3) is 5.91 Å². The smallest absolute Gasteiger partial charge is 0.254 e. The Hall–Kier alpha value is -1.40. The van der Waals surface area contributed by atoms with Gasteiger partial charge in [-0.2, -0.15) is 4.31 Å². The highest BCUT2D eigenvalue weighted by molar-refractivity contribution is 7.89. The molecule has 2 fully saturated rings. The van der Waals surface area contributed by atoms with Crippen LogP contribution < -0.4 is 0 Å². The van der Waals surface area contributed by atoms with Crippen LogP contribution in [0.5, 0.6) is 0 Å².